The summed E-state index contributed by atoms with van der Waals surface area (Å²) in [5, 5.41) is 9.95. The first-order valence-corrected chi connectivity index (χ1v) is 24.3. The first-order valence-electron chi connectivity index (χ1n) is 20.9. The Morgan fingerprint density at radius 3 is 2.35 bits per heavy atom. The number of aromatic nitrogens is 3. The molecule has 4 saturated heterocycles. The predicted octanol–water partition coefficient (Wildman–Crippen LogP) is 7.74. The summed E-state index contributed by atoms with van der Waals surface area (Å²) in [4.78, 5) is 44.8. The number of benzene rings is 3. The second kappa shape index (κ2) is 16.2. The summed E-state index contributed by atoms with van der Waals surface area (Å²) in [5.74, 6) is -0.815. The number of rotatable bonds is 10. The zero-order valence-corrected chi connectivity index (χ0v) is 37.8. The van der Waals surface area contributed by atoms with Crippen LogP contribution in [0.3, 0.4) is 0 Å². The molecule has 6 heterocycles. The summed E-state index contributed by atoms with van der Waals surface area (Å²) in [6.45, 7) is 12.7. The number of aryl methyl sites for hydroxylation is 2. The third-order valence-corrected chi connectivity index (χ3v) is 15.0. The van der Waals surface area contributed by atoms with E-state index in [-0.39, 0.29) is 23.4 Å². The molecule has 2 amide bonds. The summed E-state index contributed by atoms with van der Waals surface area (Å²) >= 11 is 3.55. The molecule has 324 valence electrons. The third-order valence-electron chi connectivity index (χ3n) is 12.8. The maximum absolute atomic E-state index is 15.2. The second-order valence-corrected chi connectivity index (χ2v) is 21.6. The van der Waals surface area contributed by atoms with Crippen LogP contribution >= 0.6 is 23.1 Å². The van der Waals surface area contributed by atoms with Crippen molar-refractivity contribution in [2.45, 2.75) is 51.5 Å². The van der Waals surface area contributed by atoms with Crippen molar-refractivity contribution in [3.63, 3.8) is 0 Å². The number of ether oxygens (including phenoxy) is 1. The molecule has 62 heavy (non-hydrogen) atoms. The van der Waals surface area contributed by atoms with E-state index < -0.39 is 30.6 Å². The number of hydrogen-bond acceptors (Lipinski definition) is 12. The molecule has 1 unspecified atom stereocenters. The first kappa shape index (κ1) is 42.1. The van der Waals surface area contributed by atoms with E-state index in [0.717, 1.165) is 69.0 Å². The van der Waals surface area contributed by atoms with Crippen molar-refractivity contribution >= 4 is 85.6 Å². The van der Waals surface area contributed by atoms with Gasteiger partial charge in [0.1, 0.15) is 30.3 Å². The lowest BCUT2D eigenvalue weighted by molar-refractivity contribution is -0.134. The summed E-state index contributed by atoms with van der Waals surface area (Å²) in [6.07, 6.45) is 4.19. The minimum Gasteiger partial charge on any atom is -0.494 e. The van der Waals surface area contributed by atoms with E-state index in [0.29, 0.717) is 67.6 Å². The summed E-state index contributed by atoms with van der Waals surface area (Å²) in [7, 11) is -1.27. The number of nitrogens with zero attached hydrogens (tertiary/aromatic N) is 6. The van der Waals surface area contributed by atoms with E-state index in [1.54, 1.807) is 51.8 Å². The monoisotopic (exact) mass is 927 g/mol. The molecule has 3 aromatic carbocycles. The summed E-state index contributed by atoms with van der Waals surface area (Å²) in [6, 6.07) is 14.7. The fraction of sp³-hybridized carbons (Fsp3) is 0.400. The van der Waals surface area contributed by atoms with Gasteiger partial charge in [0.2, 0.25) is 17.8 Å². The van der Waals surface area contributed by atoms with Crippen LogP contribution in [0.15, 0.2) is 59.2 Å². The van der Waals surface area contributed by atoms with E-state index in [4.69, 9.17) is 9.72 Å². The molecular weight excluding hydrogens is 879 g/mol. The van der Waals surface area contributed by atoms with Gasteiger partial charge in [-0.25, -0.2) is 13.8 Å². The number of likely N-dealkylation sites (tertiary alicyclic amines) is 1. The maximum atomic E-state index is 15.2. The molecule has 1 atom stereocenters. The number of carbonyl (C=O) groups excluding carboxylic acids is 2. The first-order chi connectivity index (χ1) is 29.6. The van der Waals surface area contributed by atoms with Crippen molar-refractivity contribution in [3.8, 4) is 5.75 Å². The Balaban J connectivity index is 0.813. The van der Waals surface area contributed by atoms with Crippen molar-refractivity contribution in [2.24, 2.45) is 5.41 Å². The topological polar surface area (TPSA) is 145 Å². The fourth-order valence-electron chi connectivity index (χ4n) is 9.71. The largest absolute Gasteiger partial charge is 0.494 e. The van der Waals surface area contributed by atoms with Gasteiger partial charge < -0.3 is 29.7 Å². The standard InChI is InChI=1S/C45H49BrF2N9O4P/c1-25-16-37(52-44-49-20-32(46)42(54-44)51-36-10-9-35-31(41(36)62(4,5)60)18-33(47)26(2)50-35)39(61-3)19-38(25)57-23-45(24-57)21-56(22-45)27-12-14-55(15-13-27)28-6-7-29(34(48)17-28)30-8-11-40(58)53-43(30)59/h6-7,9-10,16-20,27,30H,8,11-15,21-24H2,1-5H3,(H,53,58,59)(H2,49,51,52,54). The highest BCUT2D eigenvalue weighted by Gasteiger charge is 2.53. The minimum atomic E-state index is -2.91. The molecule has 2 aromatic heterocycles. The van der Waals surface area contributed by atoms with Gasteiger partial charge in [0.15, 0.2) is 0 Å². The average molecular weight is 929 g/mol. The number of anilines is 6. The van der Waals surface area contributed by atoms with Gasteiger partial charge in [-0.3, -0.25) is 24.8 Å². The smallest absolute Gasteiger partial charge is 0.234 e. The van der Waals surface area contributed by atoms with Crippen LogP contribution in [0.1, 0.15) is 48.4 Å². The van der Waals surface area contributed by atoms with Gasteiger partial charge in [0.05, 0.1) is 40.1 Å². The zero-order valence-electron chi connectivity index (χ0n) is 35.3. The number of fused-ring (bicyclic) bond motifs is 1. The van der Waals surface area contributed by atoms with Gasteiger partial charge in [-0.2, -0.15) is 4.98 Å². The van der Waals surface area contributed by atoms with Gasteiger partial charge in [-0.05, 0) is 104 Å². The quantitative estimate of drug-likeness (QED) is 0.0932. The third kappa shape index (κ3) is 8.01. The molecule has 4 aliphatic rings. The van der Waals surface area contributed by atoms with Crippen LogP contribution in [0, 0.1) is 30.9 Å². The van der Waals surface area contributed by atoms with Crippen LogP contribution in [-0.4, -0.2) is 97.4 Å². The van der Waals surface area contributed by atoms with Crippen molar-refractivity contribution in [3.05, 3.63) is 87.7 Å². The molecule has 0 aliphatic carbocycles. The molecule has 4 aliphatic heterocycles. The number of halogens is 3. The summed E-state index contributed by atoms with van der Waals surface area (Å²) in [5.41, 5.74) is 5.73. The number of amides is 2. The minimum absolute atomic E-state index is 0.220. The number of carbonyl (C=O) groups is 2. The molecule has 4 fully saturated rings. The Labute approximate surface area is 367 Å². The molecule has 13 nitrogen and oxygen atoms in total. The van der Waals surface area contributed by atoms with E-state index in [1.807, 2.05) is 12.1 Å². The van der Waals surface area contributed by atoms with Crippen LogP contribution in [0.4, 0.5) is 43.3 Å². The Bertz CT molecular complexity index is 2680. The number of methoxy groups -OCH3 is 1. The average Bonchev–Trinajstić information content (AvgIpc) is 3.19. The molecule has 1 spiro atoms. The van der Waals surface area contributed by atoms with Crippen molar-refractivity contribution in [1.82, 2.24) is 25.2 Å². The highest BCUT2D eigenvalue weighted by atomic mass is 79.9. The lowest BCUT2D eigenvalue weighted by Crippen LogP contribution is -2.74. The lowest BCUT2D eigenvalue weighted by Gasteiger charge is -2.63. The summed E-state index contributed by atoms with van der Waals surface area (Å²) < 4.78 is 50.0. The zero-order chi connectivity index (χ0) is 43.7. The van der Waals surface area contributed by atoms with Crippen LogP contribution in [-0.2, 0) is 14.2 Å². The number of pyridine rings is 1. The molecule has 0 radical (unpaired) electrons. The normalized spacial score (nSPS) is 19.3. The highest BCUT2D eigenvalue weighted by molar-refractivity contribution is 9.10. The molecule has 17 heteroatoms. The van der Waals surface area contributed by atoms with Gasteiger partial charge in [-0.1, -0.05) is 6.07 Å². The highest BCUT2D eigenvalue weighted by Crippen LogP contribution is 2.47. The van der Waals surface area contributed by atoms with E-state index in [1.165, 1.54) is 12.1 Å². The van der Waals surface area contributed by atoms with E-state index >= 15 is 4.39 Å². The Morgan fingerprint density at radius 2 is 1.66 bits per heavy atom. The SMILES string of the molecule is COc1cc(N2CC3(C2)CN(C2CCN(c4ccc(C5CCC(=O)NC5=O)c(F)c4)CC2)C3)c(C)cc1Nc1ncc(Br)c(Nc2ccc3nc(C)c(F)cc3c2P(C)(C)=O)n1. The number of imide groups is 1. The predicted molar refractivity (Wildman–Crippen MR) is 243 cm³/mol. The van der Waals surface area contributed by atoms with E-state index in [2.05, 4.69) is 69.5 Å². The van der Waals surface area contributed by atoms with Crippen molar-refractivity contribution in [1.29, 1.82) is 0 Å². The lowest BCUT2D eigenvalue weighted by atomic mass is 9.71. The molecule has 5 aromatic rings. The van der Waals surface area contributed by atoms with Crippen molar-refractivity contribution < 1.29 is 27.7 Å². The fourth-order valence-corrected chi connectivity index (χ4v) is 11.5. The Kier molecular flexibility index (Phi) is 11.0. The molecule has 9 rings (SSSR count). The van der Waals surface area contributed by atoms with Gasteiger partial charge in [0.25, 0.3) is 0 Å². The van der Waals surface area contributed by atoms with Gasteiger partial charge in [0, 0.05) is 97.0 Å². The van der Waals surface area contributed by atoms with Gasteiger partial charge >= 0.3 is 0 Å². The van der Waals surface area contributed by atoms with Crippen molar-refractivity contribution in [2.75, 3.05) is 80.1 Å². The van der Waals surface area contributed by atoms with Crippen LogP contribution in [0.25, 0.3) is 10.9 Å². The Hall–Kier alpha value is -5.18. The number of hydrogen-bond donors (Lipinski definition) is 3. The van der Waals surface area contributed by atoms with Crippen LogP contribution < -0.4 is 35.8 Å². The second-order valence-electron chi connectivity index (χ2n) is 17.6. The van der Waals surface area contributed by atoms with Gasteiger partial charge in [-0.15, -0.1) is 0 Å². The van der Waals surface area contributed by atoms with E-state index in [9.17, 15) is 18.5 Å². The Morgan fingerprint density at radius 1 is 0.903 bits per heavy atom. The number of piperidine rings is 2. The molecule has 0 bridgehead atoms. The van der Waals surface area contributed by atoms with Crippen LogP contribution in [0.5, 0.6) is 5.75 Å². The maximum Gasteiger partial charge on any atom is 0.234 e. The molecule has 0 saturated carbocycles. The van der Waals surface area contributed by atoms with Crippen LogP contribution in [0.2, 0.25) is 0 Å². The molecular formula is C45H49BrF2N9O4P. The number of nitrogens with one attached hydrogen (secondary N) is 3. The molecule has 3 N–H and O–H groups in total.